The van der Waals surface area contributed by atoms with Gasteiger partial charge in [0.2, 0.25) is 0 Å². The molecule has 0 bridgehead atoms. The third kappa shape index (κ3) is 4.93. The summed E-state index contributed by atoms with van der Waals surface area (Å²) >= 11 is 10.1. The molecule has 180 valence electrons. The van der Waals surface area contributed by atoms with Crippen molar-refractivity contribution in [2.45, 2.75) is 32.2 Å². The maximum atomic E-state index is 13.4. The van der Waals surface area contributed by atoms with Gasteiger partial charge in [0, 0.05) is 34.2 Å². The zero-order valence-electron chi connectivity index (χ0n) is 19.0. The number of aromatic nitrogens is 2. The highest BCUT2D eigenvalue weighted by molar-refractivity contribution is 9.10. The van der Waals surface area contributed by atoms with Gasteiger partial charge in [-0.3, -0.25) is 14.6 Å². The molecule has 0 atom stereocenters. The number of benzene rings is 2. The minimum Gasteiger partial charge on any atom is -0.481 e. The molecule has 5 rings (SSSR count). The summed E-state index contributed by atoms with van der Waals surface area (Å²) in [6, 6.07) is 14.1. The largest absolute Gasteiger partial charge is 0.481 e. The van der Waals surface area contributed by atoms with Crippen molar-refractivity contribution in [1.82, 2.24) is 14.9 Å². The van der Waals surface area contributed by atoms with Crippen LogP contribution in [0.3, 0.4) is 0 Å². The molecule has 2 heterocycles. The van der Waals surface area contributed by atoms with E-state index in [1.54, 1.807) is 0 Å². The molecule has 0 aliphatic heterocycles. The lowest BCUT2D eigenvalue weighted by Gasteiger charge is -2.26. The number of nitrogens with zero attached hydrogens (tertiary/aromatic N) is 2. The van der Waals surface area contributed by atoms with Crippen LogP contribution < -0.4 is 5.32 Å². The van der Waals surface area contributed by atoms with Crippen molar-refractivity contribution in [1.29, 1.82) is 0 Å². The first kappa shape index (κ1) is 23.8. The van der Waals surface area contributed by atoms with Gasteiger partial charge in [0.05, 0.1) is 34.3 Å². The van der Waals surface area contributed by atoms with Crippen molar-refractivity contribution in [3.8, 4) is 0 Å². The standard InChI is InChI=1S/C27H25BrClN3O3/c28-22-12-19-9-10-32(15-21-11-18-3-1-2-4-20(18)14-30-21)25(19)23(24(22)29)26(33)31-13-16-5-7-17(8-6-16)27(34)35/h1-4,9-12,14,16-17H,5-8,13,15H2,(H,31,33)(H,34,35)/t16-,17-. The van der Waals surface area contributed by atoms with E-state index in [9.17, 15) is 14.7 Å². The molecule has 1 saturated carbocycles. The number of amides is 1. The second kappa shape index (κ2) is 9.99. The maximum Gasteiger partial charge on any atom is 0.306 e. The Morgan fingerprint density at radius 3 is 2.57 bits per heavy atom. The topological polar surface area (TPSA) is 84.2 Å². The molecule has 35 heavy (non-hydrogen) atoms. The molecule has 0 unspecified atom stereocenters. The van der Waals surface area contributed by atoms with Crippen LogP contribution in [0.1, 0.15) is 41.7 Å². The predicted octanol–water partition coefficient (Wildman–Crippen LogP) is 6.27. The van der Waals surface area contributed by atoms with Crippen LogP contribution in [-0.4, -0.2) is 33.1 Å². The first-order chi connectivity index (χ1) is 16.9. The monoisotopic (exact) mass is 553 g/mol. The van der Waals surface area contributed by atoms with Crippen LogP contribution in [-0.2, 0) is 11.3 Å². The summed E-state index contributed by atoms with van der Waals surface area (Å²) in [6.07, 6.45) is 6.71. The second-order valence-corrected chi connectivity index (χ2v) is 10.4. The highest BCUT2D eigenvalue weighted by atomic mass is 79.9. The van der Waals surface area contributed by atoms with Gasteiger partial charge in [0.25, 0.3) is 5.91 Å². The van der Waals surface area contributed by atoms with E-state index in [1.807, 2.05) is 47.3 Å². The summed E-state index contributed by atoms with van der Waals surface area (Å²) < 4.78 is 2.68. The molecule has 1 amide bonds. The Balaban J connectivity index is 1.40. The van der Waals surface area contributed by atoms with Crippen LogP contribution in [0.5, 0.6) is 0 Å². The average molecular weight is 555 g/mol. The summed E-state index contributed by atoms with van der Waals surface area (Å²) in [6.45, 7) is 1.01. The summed E-state index contributed by atoms with van der Waals surface area (Å²) in [5.74, 6) is -0.955. The molecule has 2 aromatic heterocycles. The van der Waals surface area contributed by atoms with Gasteiger partial charge in [-0.05, 0) is 71.1 Å². The van der Waals surface area contributed by atoms with E-state index in [4.69, 9.17) is 11.6 Å². The first-order valence-electron chi connectivity index (χ1n) is 11.7. The van der Waals surface area contributed by atoms with E-state index in [0.29, 0.717) is 41.0 Å². The zero-order valence-corrected chi connectivity index (χ0v) is 21.3. The van der Waals surface area contributed by atoms with Crippen LogP contribution in [0.4, 0.5) is 0 Å². The van der Waals surface area contributed by atoms with Crippen molar-refractivity contribution >= 4 is 61.1 Å². The number of carboxylic acid groups (broad SMARTS) is 1. The number of hydrogen-bond acceptors (Lipinski definition) is 3. The summed E-state index contributed by atoms with van der Waals surface area (Å²) in [7, 11) is 0. The number of nitrogens with one attached hydrogen (secondary N) is 1. The van der Waals surface area contributed by atoms with E-state index in [-0.39, 0.29) is 17.7 Å². The van der Waals surface area contributed by atoms with Crippen LogP contribution in [0.15, 0.2) is 59.3 Å². The number of carbonyl (C=O) groups excluding carboxylic acids is 1. The number of fused-ring (bicyclic) bond motifs is 2. The van der Waals surface area contributed by atoms with Crippen molar-refractivity contribution in [3.05, 3.63) is 75.6 Å². The zero-order chi connectivity index (χ0) is 24.5. The fourth-order valence-corrected chi connectivity index (χ4v) is 5.66. The lowest BCUT2D eigenvalue weighted by atomic mass is 9.82. The fourth-order valence-electron chi connectivity index (χ4n) is 4.99. The van der Waals surface area contributed by atoms with E-state index < -0.39 is 5.97 Å². The molecule has 6 nitrogen and oxygen atoms in total. The summed E-state index contributed by atoms with van der Waals surface area (Å²) in [4.78, 5) is 29.2. The van der Waals surface area contributed by atoms with Crippen molar-refractivity contribution in [3.63, 3.8) is 0 Å². The van der Waals surface area contributed by atoms with E-state index in [2.05, 4.69) is 38.4 Å². The first-order valence-corrected chi connectivity index (χ1v) is 12.9. The Bertz CT molecular complexity index is 1430. The van der Waals surface area contributed by atoms with Crippen molar-refractivity contribution in [2.24, 2.45) is 11.8 Å². The second-order valence-electron chi connectivity index (χ2n) is 9.22. The summed E-state index contributed by atoms with van der Waals surface area (Å²) in [5, 5.41) is 15.8. The Labute approximate surface area is 216 Å². The number of halogens is 2. The SMILES string of the molecule is O=C(NC[C@H]1CC[C@H](C(=O)O)CC1)c1c(Cl)c(Br)cc2ccn(Cc3cc4ccccc4cn3)c12. The van der Waals surface area contributed by atoms with Crippen LogP contribution in [0.2, 0.25) is 5.02 Å². The Hall–Kier alpha value is -2.90. The van der Waals surface area contributed by atoms with Gasteiger partial charge in [-0.25, -0.2) is 0 Å². The third-order valence-corrected chi connectivity index (χ3v) is 8.18. The number of aliphatic carboxylic acids is 1. The predicted molar refractivity (Wildman–Crippen MR) is 141 cm³/mol. The molecule has 0 radical (unpaired) electrons. The van der Waals surface area contributed by atoms with Gasteiger partial charge in [-0.15, -0.1) is 0 Å². The quantitative estimate of drug-likeness (QED) is 0.294. The number of rotatable bonds is 6. The molecular formula is C27H25BrClN3O3. The maximum absolute atomic E-state index is 13.4. The van der Waals surface area contributed by atoms with Gasteiger partial charge < -0.3 is 15.0 Å². The Kier molecular flexibility index (Phi) is 6.80. The minimum absolute atomic E-state index is 0.229. The van der Waals surface area contributed by atoms with Gasteiger partial charge in [-0.2, -0.15) is 0 Å². The molecule has 2 N–H and O–H groups in total. The van der Waals surface area contributed by atoms with E-state index in [1.165, 1.54) is 0 Å². The van der Waals surface area contributed by atoms with Gasteiger partial charge in [0.15, 0.2) is 0 Å². The molecule has 1 aliphatic rings. The van der Waals surface area contributed by atoms with Crippen molar-refractivity contribution in [2.75, 3.05) is 6.54 Å². The smallest absolute Gasteiger partial charge is 0.306 e. The molecule has 1 aliphatic carbocycles. The van der Waals surface area contributed by atoms with Gasteiger partial charge >= 0.3 is 5.97 Å². The van der Waals surface area contributed by atoms with Crippen LogP contribution in [0.25, 0.3) is 21.7 Å². The summed E-state index contributed by atoms with van der Waals surface area (Å²) in [5.41, 5.74) is 2.09. The molecular weight excluding hydrogens is 530 g/mol. The number of carboxylic acids is 1. The molecule has 4 aromatic rings. The van der Waals surface area contributed by atoms with Crippen LogP contribution in [0, 0.1) is 11.8 Å². The van der Waals surface area contributed by atoms with Gasteiger partial charge in [0.1, 0.15) is 0 Å². The molecule has 8 heteroatoms. The molecule has 0 saturated heterocycles. The minimum atomic E-state index is -0.725. The molecule has 0 spiro atoms. The fraction of sp³-hybridized carbons (Fsp3) is 0.296. The van der Waals surface area contributed by atoms with Crippen molar-refractivity contribution < 1.29 is 14.7 Å². The molecule has 2 aromatic carbocycles. The number of hydrogen-bond donors (Lipinski definition) is 2. The number of carbonyl (C=O) groups is 2. The van der Waals surface area contributed by atoms with Gasteiger partial charge in [-0.1, -0.05) is 35.9 Å². The lowest BCUT2D eigenvalue weighted by molar-refractivity contribution is -0.143. The Morgan fingerprint density at radius 2 is 1.83 bits per heavy atom. The third-order valence-electron chi connectivity index (χ3n) is 6.94. The van der Waals surface area contributed by atoms with Crippen LogP contribution >= 0.6 is 27.5 Å². The Morgan fingerprint density at radius 1 is 1.09 bits per heavy atom. The molecule has 1 fully saturated rings. The van der Waals surface area contributed by atoms with E-state index >= 15 is 0 Å². The highest BCUT2D eigenvalue weighted by Gasteiger charge is 2.27. The van der Waals surface area contributed by atoms with E-state index in [0.717, 1.165) is 40.2 Å². The lowest BCUT2D eigenvalue weighted by Crippen LogP contribution is -2.33. The number of pyridine rings is 1. The normalized spacial score (nSPS) is 18.1. The average Bonchev–Trinajstić information content (AvgIpc) is 3.25. The highest BCUT2D eigenvalue weighted by Crippen LogP contribution is 2.35.